The first-order chi connectivity index (χ1) is 11.9. The van der Waals surface area contributed by atoms with Gasteiger partial charge in [0, 0.05) is 6.42 Å². The molecule has 1 heterocycles. The molecular formula is C18H26N2O5. The van der Waals surface area contributed by atoms with Crippen LogP contribution in [0, 0.1) is 0 Å². The van der Waals surface area contributed by atoms with Crippen molar-refractivity contribution in [2.75, 3.05) is 18.1 Å². The van der Waals surface area contributed by atoms with Crippen molar-refractivity contribution >= 4 is 17.7 Å². The van der Waals surface area contributed by atoms with Gasteiger partial charge in [0.2, 0.25) is 0 Å². The maximum atomic E-state index is 11.7. The molecule has 0 saturated carbocycles. The van der Waals surface area contributed by atoms with Gasteiger partial charge in [-0.2, -0.15) is 0 Å². The number of amides is 1. The minimum atomic E-state index is -1.05. The number of carboxylic acid groups (broad SMARTS) is 1. The Morgan fingerprint density at radius 2 is 2.12 bits per heavy atom. The summed E-state index contributed by atoms with van der Waals surface area (Å²) < 4.78 is 10.5. The van der Waals surface area contributed by atoms with E-state index in [0.29, 0.717) is 56.8 Å². The third-order valence-electron chi connectivity index (χ3n) is 4.47. The van der Waals surface area contributed by atoms with Crippen molar-refractivity contribution in [3.8, 4) is 5.75 Å². The average Bonchev–Trinajstić information content (AvgIpc) is 2.58. The standard InChI is InChI=1S/C18H26N2O5/c1-3-18(19)10-9-13-12-14(7-8-15(13)20(18)17(22)23)25-11-5-6-16(21)24-4-2/h7-8,12H,3-6,9-11,19H2,1-2H3,(H,22,23). The van der Waals surface area contributed by atoms with Crippen LogP contribution >= 0.6 is 0 Å². The smallest absolute Gasteiger partial charge is 0.413 e. The summed E-state index contributed by atoms with van der Waals surface area (Å²) in [5.74, 6) is 0.432. The lowest BCUT2D eigenvalue weighted by atomic mass is 9.89. The molecule has 0 spiro atoms. The summed E-state index contributed by atoms with van der Waals surface area (Å²) in [5.41, 5.74) is 6.92. The van der Waals surface area contributed by atoms with E-state index in [-0.39, 0.29) is 5.97 Å². The maximum Gasteiger partial charge on any atom is 0.413 e. The Balaban J connectivity index is 2.03. The molecule has 1 atom stereocenters. The molecule has 1 amide bonds. The van der Waals surface area contributed by atoms with Gasteiger partial charge in [-0.15, -0.1) is 0 Å². The van der Waals surface area contributed by atoms with Crippen LogP contribution in [0.15, 0.2) is 18.2 Å². The summed E-state index contributed by atoms with van der Waals surface area (Å²) in [6, 6.07) is 5.33. The Hall–Kier alpha value is -2.28. The van der Waals surface area contributed by atoms with Crippen LogP contribution in [-0.4, -0.2) is 36.0 Å². The van der Waals surface area contributed by atoms with E-state index in [1.807, 2.05) is 13.0 Å². The number of carbonyl (C=O) groups excluding carboxylic acids is 1. The van der Waals surface area contributed by atoms with Crippen LogP contribution < -0.4 is 15.4 Å². The van der Waals surface area contributed by atoms with Gasteiger partial charge >= 0.3 is 12.1 Å². The summed E-state index contributed by atoms with van der Waals surface area (Å²) in [4.78, 5) is 24.2. The van der Waals surface area contributed by atoms with Crippen molar-refractivity contribution in [3.63, 3.8) is 0 Å². The maximum absolute atomic E-state index is 11.7. The summed E-state index contributed by atoms with van der Waals surface area (Å²) in [6.45, 7) is 4.44. The van der Waals surface area contributed by atoms with Gasteiger partial charge in [-0.05, 0) is 56.4 Å². The van der Waals surface area contributed by atoms with E-state index in [9.17, 15) is 14.7 Å². The number of hydrogen-bond donors (Lipinski definition) is 2. The molecular weight excluding hydrogens is 324 g/mol. The summed E-state index contributed by atoms with van der Waals surface area (Å²) >= 11 is 0. The van der Waals surface area contributed by atoms with Gasteiger partial charge in [0.1, 0.15) is 5.75 Å². The number of rotatable bonds is 7. The van der Waals surface area contributed by atoms with Crippen molar-refractivity contribution in [3.05, 3.63) is 23.8 Å². The quantitative estimate of drug-likeness (QED) is 0.579. The molecule has 138 valence electrons. The Kier molecular flexibility index (Phi) is 6.25. The topological polar surface area (TPSA) is 102 Å². The third-order valence-corrected chi connectivity index (χ3v) is 4.47. The molecule has 7 nitrogen and oxygen atoms in total. The lowest BCUT2D eigenvalue weighted by Crippen LogP contribution is -2.60. The van der Waals surface area contributed by atoms with E-state index < -0.39 is 11.8 Å². The zero-order valence-corrected chi connectivity index (χ0v) is 14.8. The molecule has 1 aliphatic rings. The lowest BCUT2D eigenvalue weighted by molar-refractivity contribution is -0.143. The number of nitrogens with zero attached hydrogens (tertiary/aromatic N) is 1. The number of carbonyl (C=O) groups is 2. The predicted octanol–water partition coefficient (Wildman–Crippen LogP) is 2.90. The van der Waals surface area contributed by atoms with Crippen LogP contribution in [0.3, 0.4) is 0 Å². The molecule has 1 aliphatic heterocycles. The highest BCUT2D eigenvalue weighted by molar-refractivity contribution is 5.89. The average molecular weight is 350 g/mol. The molecule has 0 fully saturated rings. The summed E-state index contributed by atoms with van der Waals surface area (Å²) in [6.07, 6.45) is 1.65. The zero-order chi connectivity index (χ0) is 18.4. The minimum Gasteiger partial charge on any atom is -0.494 e. The van der Waals surface area contributed by atoms with Gasteiger partial charge in [-0.1, -0.05) is 6.92 Å². The van der Waals surface area contributed by atoms with Crippen LogP contribution in [0.5, 0.6) is 5.75 Å². The Morgan fingerprint density at radius 1 is 1.36 bits per heavy atom. The van der Waals surface area contributed by atoms with Crippen molar-refractivity contribution in [1.82, 2.24) is 0 Å². The Morgan fingerprint density at radius 3 is 2.76 bits per heavy atom. The number of fused-ring (bicyclic) bond motifs is 1. The second-order valence-electron chi connectivity index (χ2n) is 6.12. The van der Waals surface area contributed by atoms with E-state index >= 15 is 0 Å². The number of nitrogens with two attached hydrogens (primary N) is 1. The van der Waals surface area contributed by atoms with Crippen LogP contribution in [0.4, 0.5) is 10.5 Å². The second-order valence-corrected chi connectivity index (χ2v) is 6.12. The highest BCUT2D eigenvalue weighted by atomic mass is 16.5. The highest BCUT2D eigenvalue weighted by Crippen LogP contribution is 2.37. The molecule has 1 unspecified atom stereocenters. The van der Waals surface area contributed by atoms with Crippen molar-refractivity contribution in [1.29, 1.82) is 0 Å². The van der Waals surface area contributed by atoms with Crippen molar-refractivity contribution in [2.24, 2.45) is 5.73 Å². The van der Waals surface area contributed by atoms with Gasteiger partial charge < -0.3 is 20.3 Å². The molecule has 0 aliphatic carbocycles. The molecule has 0 radical (unpaired) electrons. The normalized spacial score (nSPS) is 19.2. The van der Waals surface area contributed by atoms with E-state index in [1.165, 1.54) is 4.90 Å². The zero-order valence-electron chi connectivity index (χ0n) is 14.8. The van der Waals surface area contributed by atoms with E-state index in [0.717, 1.165) is 5.56 Å². The van der Waals surface area contributed by atoms with Gasteiger partial charge in [0.25, 0.3) is 0 Å². The molecule has 1 aromatic carbocycles. The van der Waals surface area contributed by atoms with Gasteiger partial charge in [0.15, 0.2) is 0 Å². The second kappa shape index (κ2) is 8.20. The number of esters is 1. The fourth-order valence-corrected chi connectivity index (χ4v) is 3.04. The van der Waals surface area contributed by atoms with Gasteiger partial charge in [-0.3, -0.25) is 9.69 Å². The van der Waals surface area contributed by atoms with Crippen LogP contribution in [-0.2, 0) is 16.0 Å². The predicted molar refractivity (Wildman–Crippen MR) is 93.8 cm³/mol. The number of ether oxygens (including phenoxy) is 2. The number of anilines is 1. The molecule has 2 rings (SSSR count). The van der Waals surface area contributed by atoms with Gasteiger partial charge in [0.05, 0.1) is 24.6 Å². The molecule has 1 aromatic rings. The van der Waals surface area contributed by atoms with E-state index in [4.69, 9.17) is 15.2 Å². The van der Waals surface area contributed by atoms with E-state index in [2.05, 4.69) is 0 Å². The Labute approximate surface area is 147 Å². The molecule has 0 bridgehead atoms. The number of benzene rings is 1. The van der Waals surface area contributed by atoms with Crippen molar-refractivity contribution in [2.45, 2.75) is 51.6 Å². The molecule has 7 heteroatoms. The highest BCUT2D eigenvalue weighted by Gasteiger charge is 2.40. The first kappa shape index (κ1) is 19.1. The molecule has 3 N–H and O–H groups in total. The summed E-state index contributed by atoms with van der Waals surface area (Å²) in [7, 11) is 0. The van der Waals surface area contributed by atoms with Crippen molar-refractivity contribution < 1.29 is 24.2 Å². The van der Waals surface area contributed by atoms with Crippen LogP contribution in [0.1, 0.15) is 45.1 Å². The lowest BCUT2D eigenvalue weighted by Gasteiger charge is -2.43. The molecule has 0 aromatic heterocycles. The summed E-state index contributed by atoms with van der Waals surface area (Å²) in [5, 5.41) is 9.56. The monoisotopic (exact) mass is 350 g/mol. The minimum absolute atomic E-state index is 0.229. The van der Waals surface area contributed by atoms with E-state index in [1.54, 1.807) is 19.1 Å². The fourth-order valence-electron chi connectivity index (χ4n) is 3.04. The number of aryl methyl sites for hydroxylation is 1. The molecule has 0 saturated heterocycles. The number of hydrogen-bond acceptors (Lipinski definition) is 5. The van der Waals surface area contributed by atoms with Crippen LogP contribution in [0.25, 0.3) is 0 Å². The fraction of sp³-hybridized carbons (Fsp3) is 0.556. The Bertz CT molecular complexity index is 634. The third kappa shape index (κ3) is 4.42. The molecule has 25 heavy (non-hydrogen) atoms. The van der Waals surface area contributed by atoms with Crippen LogP contribution in [0.2, 0.25) is 0 Å². The SMILES string of the molecule is CCOC(=O)CCCOc1ccc2c(c1)CCC(N)(CC)N2C(=O)O. The first-order valence-corrected chi connectivity index (χ1v) is 8.64. The van der Waals surface area contributed by atoms with Gasteiger partial charge in [-0.25, -0.2) is 4.79 Å². The largest absolute Gasteiger partial charge is 0.494 e. The first-order valence-electron chi connectivity index (χ1n) is 8.64.